The van der Waals surface area contributed by atoms with Crippen LogP contribution in [0.1, 0.15) is 23.4 Å². The van der Waals surface area contributed by atoms with Crippen molar-refractivity contribution >= 4 is 28.5 Å². The second-order valence-electron chi connectivity index (χ2n) is 4.91. The molecule has 5 heteroatoms. The summed E-state index contributed by atoms with van der Waals surface area (Å²) < 4.78 is 5.76. The Kier molecular flexibility index (Phi) is 5.73. The molecule has 1 atom stereocenters. The summed E-state index contributed by atoms with van der Waals surface area (Å²) in [6.07, 6.45) is 0. The van der Waals surface area contributed by atoms with Crippen molar-refractivity contribution in [3.63, 3.8) is 0 Å². The van der Waals surface area contributed by atoms with E-state index in [1.165, 1.54) is 4.88 Å². The van der Waals surface area contributed by atoms with E-state index in [9.17, 15) is 0 Å². The zero-order valence-electron chi connectivity index (χ0n) is 12.3. The number of benzene rings is 1. The molecule has 21 heavy (non-hydrogen) atoms. The van der Waals surface area contributed by atoms with Gasteiger partial charge in [0.2, 0.25) is 0 Å². The van der Waals surface area contributed by atoms with Crippen molar-refractivity contribution in [2.75, 3.05) is 20.2 Å². The van der Waals surface area contributed by atoms with E-state index < -0.39 is 0 Å². The lowest BCUT2D eigenvalue weighted by Crippen LogP contribution is -2.26. The van der Waals surface area contributed by atoms with E-state index in [0.717, 1.165) is 17.9 Å². The highest BCUT2D eigenvalue weighted by molar-refractivity contribution is 7.80. The molecule has 112 valence electrons. The number of likely N-dealkylation sites (N-methyl/N-ethyl adjacent to an activating group) is 1. The van der Waals surface area contributed by atoms with Crippen molar-refractivity contribution in [2.24, 2.45) is 5.73 Å². The van der Waals surface area contributed by atoms with Gasteiger partial charge in [0.15, 0.2) is 0 Å². The molecule has 1 unspecified atom stereocenters. The first kappa shape index (κ1) is 15.9. The van der Waals surface area contributed by atoms with Crippen LogP contribution < -0.4 is 10.5 Å². The van der Waals surface area contributed by atoms with E-state index in [2.05, 4.69) is 36.4 Å². The Hall–Kier alpha value is -1.43. The lowest BCUT2D eigenvalue weighted by molar-refractivity contribution is 0.202. The van der Waals surface area contributed by atoms with Gasteiger partial charge in [0, 0.05) is 23.0 Å². The summed E-state index contributed by atoms with van der Waals surface area (Å²) in [4.78, 5) is 4.07. The smallest absolute Gasteiger partial charge is 0.119 e. The number of hydrogen-bond acceptors (Lipinski definition) is 4. The fraction of sp³-hybridized carbons (Fsp3) is 0.312. The van der Waals surface area contributed by atoms with Crippen molar-refractivity contribution < 1.29 is 4.74 Å². The summed E-state index contributed by atoms with van der Waals surface area (Å²) in [5, 5.41) is 2.11. The number of rotatable bonds is 7. The first-order valence-corrected chi connectivity index (χ1v) is 8.13. The van der Waals surface area contributed by atoms with Gasteiger partial charge in [-0.15, -0.1) is 11.3 Å². The Bertz CT molecular complexity index is 566. The highest BCUT2D eigenvalue weighted by atomic mass is 32.1. The summed E-state index contributed by atoms with van der Waals surface area (Å²) in [7, 11) is 2.11. The highest BCUT2D eigenvalue weighted by Crippen LogP contribution is 2.23. The molecule has 2 aromatic rings. The molecule has 1 heterocycles. The second kappa shape index (κ2) is 7.54. The molecule has 0 radical (unpaired) electrons. The van der Waals surface area contributed by atoms with Gasteiger partial charge < -0.3 is 10.5 Å². The normalized spacial score (nSPS) is 12.3. The van der Waals surface area contributed by atoms with Gasteiger partial charge in [-0.2, -0.15) is 0 Å². The van der Waals surface area contributed by atoms with Gasteiger partial charge in [0.05, 0.1) is 0 Å². The lowest BCUT2D eigenvalue weighted by Gasteiger charge is -2.23. The number of thiocarbonyl (C=S) groups is 1. The standard InChI is InChI=1S/C16H20N2OS2/c1-12(15-4-3-11-21-15)18(2)9-10-19-14-7-5-13(6-8-14)16(17)20/h3-8,11-12H,9-10H2,1-2H3,(H2,17,20). The van der Waals surface area contributed by atoms with E-state index in [1.807, 2.05) is 24.3 Å². The summed E-state index contributed by atoms with van der Waals surface area (Å²) in [6, 6.07) is 12.2. The van der Waals surface area contributed by atoms with Crippen molar-refractivity contribution in [1.82, 2.24) is 4.90 Å². The quantitative estimate of drug-likeness (QED) is 0.793. The van der Waals surface area contributed by atoms with E-state index in [1.54, 1.807) is 11.3 Å². The van der Waals surface area contributed by atoms with Gasteiger partial charge in [0.25, 0.3) is 0 Å². The molecule has 1 aromatic heterocycles. The van der Waals surface area contributed by atoms with Crippen LogP contribution in [-0.2, 0) is 0 Å². The predicted molar refractivity (Wildman–Crippen MR) is 93.2 cm³/mol. The topological polar surface area (TPSA) is 38.5 Å². The van der Waals surface area contributed by atoms with E-state index in [-0.39, 0.29) is 0 Å². The molecule has 2 rings (SSSR count). The average molecular weight is 320 g/mol. The van der Waals surface area contributed by atoms with Crippen LogP contribution in [0.25, 0.3) is 0 Å². The number of thiophene rings is 1. The van der Waals surface area contributed by atoms with Crippen LogP contribution in [0.15, 0.2) is 41.8 Å². The van der Waals surface area contributed by atoms with Crippen molar-refractivity contribution in [3.05, 3.63) is 52.2 Å². The summed E-state index contributed by atoms with van der Waals surface area (Å²) in [5.41, 5.74) is 6.43. The van der Waals surface area contributed by atoms with Gasteiger partial charge in [0.1, 0.15) is 17.3 Å². The van der Waals surface area contributed by atoms with E-state index in [0.29, 0.717) is 17.6 Å². The Balaban J connectivity index is 1.79. The Morgan fingerprint density at radius 1 is 1.33 bits per heavy atom. The molecule has 2 N–H and O–H groups in total. The van der Waals surface area contributed by atoms with Crippen LogP contribution in [0.4, 0.5) is 0 Å². The van der Waals surface area contributed by atoms with Crippen LogP contribution in [0.2, 0.25) is 0 Å². The van der Waals surface area contributed by atoms with Gasteiger partial charge in [-0.05, 0) is 49.7 Å². The Labute approximate surface area is 135 Å². The largest absolute Gasteiger partial charge is 0.492 e. The predicted octanol–water partition coefficient (Wildman–Crippen LogP) is 3.45. The Morgan fingerprint density at radius 2 is 2.05 bits per heavy atom. The molecule has 1 aromatic carbocycles. The molecule has 0 saturated heterocycles. The maximum atomic E-state index is 5.76. The molecule has 3 nitrogen and oxygen atoms in total. The number of ether oxygens (including phenoxy) is 1. The number of hydrogen-bond donors (Lipinski definition) is 1. The first-order chi connectivity index (χ1) is 10.1. The third-order valence-corrected chi connectivity index (χ3v) is 4.75. The molecular formula is C16H20N2OS2. The monoisotopic (exact) mass is 320 g/mol. The molecular weight excluding hydrogens is 300 g/mol. The lowest BCUT2D eigenvalue weighted by atomic mass is 10.2. The van der Waals surface area contributed by atoms with Crippen LogP contribution >= 0.6 is 23.6 Å². The molecule has 0 aliphatic heterocycles. The van der Waals surface area contributed by atoms with Gasteiger partial charge in [-0.1, -0.05) is 18.3 Å². The zero-order chi connectivity index (χ0) is 15.2. The minimum atomic E-state index is 0.408. The maximum absolute atomic E-state index is 5.76. The fourth-order valence-electron chi connectivity index (χ4n) is 1.96. The molecule has 0 aliphatic rings. The summed E-state index contributed by atoms with van der Waals surface area (Å²) >= 11 is 6.71. The fourth-order valence-corrected chi connectivity index (χ4v) is 2.95. The zero-order valence-corrected chi connectivity index (χ0v) is 13.9. The SMILES string of the molecule is CC(c1cccs1)N(C)CCOc1ccc(C(N)=S)cc1. The minimum Gasteiger partial charge on any atom is -0.492 e. The van der Waals surface area contributed by atoms with Crippen molar-refractivity contribution in [3.8, 4) is 5.75 Å². The van der Waals surface area contributed by atoms with E-state index in [4.69, 9.17) is 22.7 Å². The van der Waals surface area contributed by atoms with Gasteiger partial charge in [-0.3, -0.25) is 4.90 Å². The minimum absolute atomic E-state index is 0.408. The third kappa shape index (κ3) is 4.52. The van der Waals surface area contributed by atoms with Crippen molar-refractivity contribution in [1.29, 1.82) is 0 Å². The van der Waals surface area contributed by atoms with Crippen LogP contribution in [-0.4, -0.2) is 30.1 Å². The number of nitrogens with two attached hydrogens (primary N) is 1. The Morgan fingerprint density at radius 3 is 2.62 bits per heavy atom. The van der Waals surface area contributed by atoms with Gasteiger partial charge >= 0.3 is 0 Å². The maximum Gasteiger partial charge on any atom is 0.119 e. The molecule has 0 bridgehead atoms. The van der Waals surface area contributed by atoms with Crippen LogP contribution in [0, 0.1) is 0 Å². The van der Waals surface area contributed by atoms with Gasteiger partial charge in [-0.25, -0.2) is 0 Å². The summed E-state index contributed by atoms with van der Waals surface area (Å²) in [6.45, 7) is 3.73. The van der Waals surface area contributed by atoms with Crippen LogP contribution in [0.3, 0.4) is 0 Å². The molecule has 0 aliphatic carbocycles. The van der Waals surface area contributed by atoms with Crippen molar-refractivity contribution in [2.45, 2.75) is 13.0 Å². The molecule has 0 amide bonds. The molecule has 0 saturated carbocycles. The van der Waals surface area contributed by atoms with Crippen LogP contribution in [0.5, 0.6) is 5.75 Å². The molecule has 0 fully saturated rings. The first-order valence-electron chi connectivity index (χ1n) is 6.84. The average Bonchev–Trinajstić information content (AvgIpc) is 3.01. The number of nitrogens with zero attached hydrogens (tertiary/aromatic N) is 1. The highest BCUT2D eigenvalue weighted by Gasteiger charge is 2.12. The second-order valence-corrected chi connectivity index (χ2v) is 6.33. The third-order valence-electron chi connectivity index (χ3n) is 3.47. The molecule has 0 spiro atoms. The van der Waals surface area contributed by atoms with E-state index >= 15 is 0 Å². The summed E-state index contributed by atoms with van der Waals surface area (Å²) in [5.74, 6) is 0.840.